The number of ether oxygens (including phenoxy) is 1. The summed E-state index contributed by atoms with van der Waals surface area (Å²) in [7, 11) is 0. The van der Waals surface area contributed by atoms with Crippen molar-refractivity contribution in [3.8, 4) is 0 Å². The Bertz CT molecular complexity index is 252. The summed E-state index contributed by atoms with van der Waals surface area (Å²) in [5.74, 6) is -1.60. The van der Waals surface area contributed by atoms with Crippen molar-refractivity contribution in [1.29, 1.82) is 0 Å². The molecule has 1 N–H and O–H groups in total. The molecule has 1 amide bonds. The van der Waals surface area contributed by atoms with Crippen molar-refractivity contribution in [2.45, 2.75) is 19.3 Å². The highest BCUT2D eigenvalue weighted by Gasteiger charge is 2.09. The third-order valence-corrected chi connectivity index (χ3v) is 2.65. The molecule has 1 saturated heterocycles. The lowest BCUT2D eigenvalue weighted by atomic mass is 10.1. The maximum Gasteiger partial charge on any atom is 0.246 e. The van der Waals surface area contributed by atoms with Gasteiger partial charge in [0.2, 0.25) is 5.91 Å². The van der Waals surface area contributed by atoms with Crippen molar-refractivity contribution in [2.75, 3.05) is 39.4 Å². The minimum absolute atomic E-state index is 0.228. The molecule has 98 valence electrons. The van der Waals surface area contributed by atoms with Crippen molar-refractivity contribution >= 4 is 11.9 Å². The van der Waals surface area contributed by atoms with Crippen molar-refractivity contribution < 1.29 is 19.4 Å². The van der Waals surface area contributed by atoms with E-state index in [4.69, 9.17) is 0 Å². The lowest BCUT2D eigenvalue weighted by molar-refractivity contribution is -0.309. The highest BCUT2D eigenvalue weighted by molar-refractivity contribution is 5.77. The molecular weight excluding hydrogens is 224 g/mol. The van der Waals surface area contributed by atoms with Crippen LogP contribution in [0.2, 0.25) is 0 Å². The van der Waals surface area contributed by atoms with Gasteiger partial charge in [-0.25, -0.2) is 0 Å². The molecule has 0 atom stereocenters. The fourth-order valence-electron chi connectivity index (χ4n) is 1.81. The molecule has 6 nitrogen and oxygen atoms in total. The second-order valence-electron chi connectivity index (χ2n) is 4.12. The molecule has 6 heteroatoms. The predicted octanol–water partition coefficient (Wildman–Crippen LogP) is -1.64. The Morgan fingerprint density at radius 1 is 1.18 bits per heavy atom. The Morgan fingerprint density at radius 3 is 2.53 bits per heavy atom. The van der Waals surface area contributed by atoms with Gasteiger partial charge < -0.3 is 24.9 Å². The number of aliphatic carboxylic acids is 1. The van der Waals surface area contributed by atoms with Gasteiger partial charge in [0.05, 0.1) is 12.6 Å². The van der Waals surface area contributed by atoms with Crippen LogP contribution < -0.4 is 10.4 Å². The number of nitrogens with one attached hydrogen (secondary N) is 1. The first-order valence-corrected chi connectivity index (χ1v) is 5.95. The monoisotopic (exact) mass is 243 g/mol. The molecule has 0 aromatic rings. The molecule has 0 unspecified atom stereocenters. The number of carboxylic acid groups (broad SMARTS) is 1. The number of hydrogen-bond acceptors (Lipinski definition) is 5. The molecule has 1 heterocycles. The predicted molar refractivity (Wildman–Crippen MR) is 59.1 cm³/mol. The van der Waals surface area contributed by atoms with E-state index in [1.807, 2.05) is 0 Å². The van der Waals surface area contributed by atoms with E-state index in [9.17, 15) is 14.7 Å². The molecule has 0 spiro atoms. The van der Waals surface area contributed by atoms with E-state index in [2.05, 4.69) is 15.0 Å². The van der Waals surface area contributed by atoms with Crippen LogP contribution in [-0.2, 0) is 14.3 Å². The molecule has 0 bridgehead atoms. The zero-order valence-corrected chi connectivity index (χ0v) is 9.94. The normalized spacial score (nSPS) is 16.7. The highest BCUT2D eigenvalue weighted by atomic mass is 16.5. The Hall–Kier alpha value is -1.14. The molecule has 0 radical (unpaired) electrons. The third kappa shape index (κ3) is 6.91. The lowest BCUT2D eigenvalue weighted by Crippen LogP contribution is -2.39. The topological polar surface area (TPSA) is 81.7 Å². The summed E-state index contributed by atoms with van der Waals surface area (Å²) in [5.41, 5.74) is 0. The van der Waals surface area contributed by atoms with Gasteiger partial charge >= 0.3 is 0 Å². The maximum absolute atomic E-state index is 11.2. The first kappa shape index (κ1) is 13.9. The average Bonchev–Trinajstić information content (AvgIpc) is 2.30. The van der Waals surface area contributed by atoms with Crippen LogP contribution in [0, 0.1) is 0 Å². The van der Waals surface area contributed by atoms with E-state index >= 15 is 0 Å². The summed E-state index contributed by atoms with van der Waals surface area (Å²) >= 11 is 0. The van der Waals surface area contributed by atoms with Gasteiger partial charge in [-0.3, -0.25) is 4.79 Å². The quantitative estimate of drug-likeness (QED) is 0.579. The summed E-state index contributed by atoms with van der Waals surface area (Å²) in [6, 6.07) is 0. The van der Waals surface area contributed by atoms with Crippen molar-refractivity contribution in [1.82, 2.24) is 10.2 Å². The Labute approximate surface area is 101 Å². The number of nitrogens with zero attached hydrogens (tertiary/aromatic N) is 1. The molecule has 1 aliphatic heterocycles. The van der Waals surface area contributed by atoms with E-state index in [0.717, 1.165) is 19.6 Å². The molecule has 1 aliphatic rings. The minimum Gasteiger partial charge on any atom is -0.548 e. The van der Waals surface area contributed by atoms with E-state index in [1.54, 1.807) is 0 Å². The van der Waals surface area contributed by atoms with Gasteiger partial charge in [-0.05, 0) is 25.9 Å². The first-order chi connectivity index (χ1) is 8.18. The van der Waals surface area contributed by atoms with Gasteiger partial charge in [0.15, 0.2) is 0 Å². The van der Waals surface area contributed by atoms with Gasteiger partial charge in [-0.15, -0.1) is 0 Å². The molecule has 1 fully saturated rings. The fourth-order valence-corrected chi connectivity index (χ4v) is 1.81. The number of carbonyl (C=O) groups is 2. The van der Waals surface area contributed by atoms with Crippen molar-refractivity contribution in [3.05, 3.63) is 0 Å². The van der Waals surface area contributed by atoms with E-state index in [0.29, 0.717) is 6.54 Å². The zero-order chi connectivity index (χ0) is 12.5. The van der Waals surface area contributed by atoms with E-state index < -0.39 is 12.6 Å². The Kier molecular flexibility index (Phi) is 6.57. The fraction of sp³-hybridized carbons (Fsp3) is 0.818. The summed E-state index contributed by atoms with van der Waals surface area (Å²) in [6.45, 7) is 2.83. The van der Waals surface area contributed by atoms with E-state index in [-0.39, 0.29) is 12.5 Å². The maximum atomic E-state index is 11.2. The Morgan fingerprint density at radius 2 is 1.88 bits per heavy atom. The molecule has 0 aromatic heterocycles. The Balaban J connectivity index is 1.97. The number of carbonyl (C=O) groups excluding carboxylic acids is 2. The first-order valence-electron chi connectivity index (χ1n) is 5.95. The van der Waals surface area contributed by atoms with Crippen LogP contribution in [0.1, 0.15) is 19.3 Å². The van der Waals surface area contributed by atoms with Gasteiger partial charge in [0, 0.05) is 13.1 Å². The van der Waals surface area contributed by atoms with Gasteiger partial charge in [0.1, 0.15) is 6.61 Å². The largest absolute Gasteiger partial charge is 0.548 e. The molecule has 0 aromatic carbocycles. The molecule has 1 rings (SSSR count). The van der Waals surface area contributed by atoms with Crippen LogP contribution >= 0.6 is 0 Å². The standard InChI is InChI=1S/C11H20N2O4/c14-10(8-17-9-11(15)16)12-4-7-13-5-2-1-3-6-13/h1-9H2,(H,12,14)(H,15,16)/p-1. The molecule has 17 heavy (non-hydrogen) atoms. The number of likely N-dealkylation sites (tertiary alicyclic amines) is 1. The molecule has 0 saturated carbocycles. The lowest BCUT2D eigenvalue weighted by Gasteiger charge is -2.26. The summed E-state index contributed by atoms with van der Waals surface area (Å²) in [5, 5.41) is 12.7. The number of rotatable bonds is 7. The van der Waals surface area contributed by atoms with E-state index in [1.165, 1.54) is 19.3 Å². The smallest absolute Gasteiger partial charge is 0.246 e. The van der Waals surface area contributed by atoms with Gasteiger partial charge in [-0.1, -0.05) is 6.42 Å². The van der Waals surface area contributed by atoms with Crippen LogP contribution in [0.4, 0.5) is 0 Å². The van der Waals surface area contributed by atoms with Gasteiger partial charge in [0.25, 0.3) is 0 Å². The summed E-state index contributed by atoms with van der Waals surface area (Å²) in [6.07, 6.45) is 3.74. The van der Waals surface area contributed by atoms with Crippen LogP contribution in [0.25, 0.3) is 0 Å². The summed E-state index contributed by atoms with van der Waals surface area (Å²) in [4.78, 5) is 23.5. The average molecular weight is 243 g/mol. The van der Waals surface area contributed by atoms with Crippen molar-refractivity contribution in [3.63, 3.8) is 0 Å². The SMILES string of the molecule is O=C([O-])COCC(=O)NCCN1CCCCC1. The van der Waals surface area contributed by atoms with Crippen LogP contribution in [0.3, 0.4) is 0 Å². The molecular formula is C11H19N2O4-. The number of hydrogen-bond donors (Lipinski definition) is 1. The number of piperidine rings is 1. The number of amides is 1. The third-order valence-electron chi connectivity index (χ3n) is 2.65. The van der Waals surface area contributed by atoms with Crippen LogP contribution in [0.5, 0.6) is 0 Å². The summed E-state index contributed by atoms with van der Waals surface area (Å²) < 4.78 is 4.61. The second-order valence-corrected chi connectivity index (χ2v) is 4.12. The second kappa shape index (κ2) is 8.03. The van der Waals surface area contributed by atoms with Crippen LogP contribution in [0.15, 0.2) is 0 Å². The van der Waals surface area contributed by atoms with Gasteiger partial charge in [-0.2, -0.15) is 0 Å². The van der Waals surface area contributed by atoms with Crippen molar-refractivity contribution in [2.24, 2.45) is 0 Å². The highest BCUT2D eigenvalue weighted by Crippen LogP contribution is 2.07. The van der Waals surface area contributed by atoms with Crippen LogP contribution in [-0.4, -0.2) is 56.2 Å². The zero-order valence-electron chi connectivity index (χ0n) is 9.94. The minimum atomic E-state index is -1.31. The molecule has 0 aliphatic carbocycles. The number of carboxylic acids is 1.